The molecule has 2 aromatic carbocycles. The number of imidazole rings is 1. The maximum Gasteiger partial charge on any atom is 0.410 e. The van der Waals surface area contributed by atoms with Gasteiger partial charge in [-0.1, -0.05) is 48.5 Å². The van der Waals surface area contributed by atoms with Crippen LogP contribution in [0.3, 0.4) is 0 Å². The van der Waals surface area contributed by atoms with Crippen LogP contribution in [0.2, 0.25) is 0 Å². The van der Waals surface area contributed by atoms with Crippen LogP contribution in [-0.4, -0.2) is 46.7 Å². The average molecular weight is 362 g/mol. The van der Waals surface area contributed by atoms with Gasteiger partial charge in [-0.3, -0.25) is 4.57 Å². The molecule has 1 aliphatic heterocycles. The van der Waals surface area contributed by atoms with E-state index in [1.807, 2.05) is 60.9 Å². The van der Waals surface area contributed by atoms with Crippen molar-refractivity contribution in [3.63, 3.8) is 0 Å². The van der Waals surface area contributed by atoms with E-state index in [0.29, 0.717) is 19.7 Å². The number of benzene rings is 2. The van der Waals surface area contributed by atoms with Crippen molar-refractivity contribution in [1.82, 2.24) is 14.5 Å². The first-order valence-corrected chi connectivity index (χ1v) is 9.10. The second-order valence-electron chi connectivity index (χ2n) is 6.45. The number of nitrogens with zero attached hydrogens (tertiary/aromatic N) is 4. The Morgan fingerprint density at radius 1 is 0.926 bits per heavy atom. The highest BCUT2D eigenvalue weighted by atomic mass is 16.6. The fourth-order valence-corrected chi connectivity index (χ4v) is 3.22. The molecule has 0 aliphatic carbocycles. The zero-order chi connectivity index (χ0) is 18.5. The Labute approximate surface area is 158 Å². The summed E-state index contributed by atoms with van der Waals surface area (Å²) in [5.74, 6) is 0.901. The van der Waals surface area contributed by atoms with Crippen molar-refractivity contribution in [2.45, 2.75) is 6.61 Å². The van der Waals surface area contributed by atoms with Gasteiger partial charge in [0, 0.05) is 44.3 Å². The van der Waals surface area contributed by atoms with Crippen molar-refractivity contribution in [3.05, 3.63) is 78.6 Å². The van der Waals surface area contributed by atoms with Crippen molar-refractivity contribution >= 4 is 12.0 Å². The van der Waals surface area contributed by atoms with Gasteiger partial charge >= 0.3 is 6.09 Å². The molecule has 27 heavy (non-hydrogen) atoms. The lowest BCUT2D eigenvalue weighted by Crippen LogP contribution is -2.49. The lowest BCUT2D eigenvalue weighted by Gasteiger charge is -2.34. The lowest BCUT2D eigenvalue weighted by atomic mass is 10.2. The summed E-state index contributed by atoms with van der Waals surface area (Å²) in [5, 5.41) is 0. The molecule has 0 spiro atoms. The van der Waals surface area contributed by atoms with Crippen molar-refractivity contribution in [1.29, 1.82) is 0 Å². The number of piperazine rings is 1. The van der Waals surface area contributed by atoms with E-state index in [9.17, 15) is 4.79 Å². The molecule has 1 aliphatic rings. The molecule has 6 heteroatoms. The number of anilines is 1. The summed E-state index contributed by atoms with van der Waals surface area (Å²) < 4.78 is 7.51. The third kappa shape index (κ3) is 3.95. The van der Waals surface area contributed by atoms with Crippen LogP contribution in [0.15, 0.2) is 73.1 Å². The van der Waals surface area contributed by atoms with E-state index in [1.54, 1.807) is 4.90 Å². The first-order valence-electron chi connectivity index (χ1n) is 9.10. The predicted molar refractivity (Wildman–Crippen MR) is 104 cm³/mol. The molecule has 6 nitrogen and oxygen atoms in total. The largest absolute Gasteiger partial charge is 0.445 e. The molecule has 0 bridgehead atoms. The summed E-state index contributed by atoms with van der Waals surface area (Å²) in [6.07, 6.45) is 3.51. The molecule has 1 amide bonds. The Hall–Kier alpha value is -3.28. The maximum absolute atomic E-state index is 12.3. The molecule has 4 rings (SSSR count). The first kappa shape index (κ1) is 17.1. The zero-order valence-electron chi connectivity index (χ0n) is 15.1. The van der Waals surface area contributed by atoms with Crippen LogP contribution in [0.25, 0.3) is 5.69 Å². The Morgan fingerprint density at radius 3 is 2.30 bits per heavy atom. The predicted octanol–water partition coefficient (Wildman–Crippen LogP) is 3.33. The van der Waals surface area contributed by atoms with Crippen molar-refractivity contribution in [3.8, 4) is 5.69 Å². The highest BCUT2D eigenvalue weighted by Gasteiger charge is 2.24. The fraction of sp³-hybridized carbons (Fsp3) is 0.238. The summed E-state index contributed by atoms with van der Waals surface area (Å²) in [6.45, 7) is 3.00. The third-order valence-electron chi connectivity index (χ3n) is 4.68. The van der Waals surface area contributed by atoms with Gasteiger partial charge in [0.15, 0.2) is 0 Å². The van der Waals surface area contributed by atoms with Gasteiger partial charge in [-0.25, -0.2) is 9.78 Å². The van der Waals surface area contributed by atoms with Crippen LogP contribution in [-0.2, 0) is 11.3 Å². The quantitative estimate of drug-likeness (QED) is 0.714. The minimum absolute atomic E-state index is 0.259. The second-order valence-corrected chi connectivity index (χ2v) is 6.45. The number of para-hydroxylation sites is 1. The van der Waals surface area contributed by atoms with E-state index in [0.717, 1.165) is 30.3 Å². The first-order chi connectivity index (χ1) is 13.3. The Morgan fingerprint density at radius 2 is 1.59 bits per heavy atom. The van der Waals surface area contributed by atoms with Gasteiger partial charge in [-0.05, 0) is 17.7 Å². The van der Waals surface area contributed by atoms with Crippen molar-refractivity contribution < 1.29 is 9.53 Å². The van der Waals surface area contributed by atoms with Gasteiger partial charge in [0.05, 0.1) is 0 Å². The normalized spacial score (nSPS) is 14.2. The van der Waals surface area contributed by atoms with E-state index >= 15 is 0 Å². The number of rotatable bonds is 4. The number of hydrogen-bond acceptors (Lipinski definition) is 4. The number of ether oxygens (including phenoxy) is 1. The van der Waals surface area contributed by atoms with Gasteiger partial charge in [-0.15, -0.1) is 0 Å². The van der Waals surface area contributed by atoms with E-state index in [2.05, 4.69) is 26.6 Å². The molecular formula is C21H22N4O2. The molecule has 1 saturated heterocycles. The number of carbonyl (C=O) groups excluding carboxylic acids is 1. The summed E-state index contributed by atoms with van der Waals surface area (Å²) >= 11 is 0. The molecule has 1 fully saturated rings. The molecule has 3 aromatic rings. The summed E-state index contributed by atoms with van der Waals surface area (Å²) in [5.41, 5.74) is 2.07. The van der Waals surface area contributed by atoms with Crippen LogP contribution >= 0.6 is 0 Å². The molecule has 1 aromatic heterocycles. The maximum atomic E-state index is 12.3. The van der Waals surface area contributed by atoms with Crippen molar-refractivity contribution in [2.75, 3.05) is 31.1 Å². The Balaban J connectivity index is 1.34. The smallest absolute Gasteiger partial charge is 0.410 e. The fourth-order valence-electron chi connectivity index (χ4n) is 3.22. The highest BCUT2D eigenvalue weighted by molar-refractivity contribution is 5.68. The summed E-state index contributed by atoms with van der Waals surface area (Å²) in [6, 6.07) is 19.9. The molecule has 0 atom stereocenters. The highest BCUT2D eigenvalue weighted by Crippen LogP contribution is 2.19. The van der Waals surface area contributed by atoms with E-state index in [4.69, 9.17) is 4.74 Å². The van der Waals surface area contributed by atoms with E-state index in [1.165, 1.54) is 0 Å². The second kappa shape index (κ2) is 7.95. The number of carbonyl (C=O) groups is 1. The van der Waals surface area contributed by atoms with Crippen LogP contribution in [0.1, 0.15) is 5.56 Å². The molecule has 0 radical (unpaired) electrons. The standard InChI is InChI=1S/C21H22N4O2/c26-21(27-17-18-7-3-1-4-8-18)24-15-13-23(14-16-24)20-22-11-12-25(20)19-9-5-2-6-10-19/h1-12H,13-17H2. The molecular weight excluding hydrogens is 340 g/mol. The Kier molecular flexibility index (Phi) is 5.05. The number of amides is 1. The lowest BCUT2D eigenvalue weighted by molar-refractivity contribution is 0.0940. The minimum Gasteiger partial charge on any atom is -0.445 e. The number of aromatic nitrogens is 2. The van der Waals surface area contributed by atoms with E-state index < -0.39 is 0 Å². The van der Waals surface area contributed by atoms with E-state index in [-0.39, 0.29) is 6.09 Å². The van der Waals surface area contributed by atoms with Gasteiger partial charge in [0.1, 0.15) is 6.61 Å². The van der Waals surface area contributed by atoms with Gasteiger partial charge in [-0.2, -0.15) is 0 Å². The van der Waals surface area contributed by atoms with Crippen LogP contribution < -0.4 is 4.90 Å². The molecule has 0 unspecified atom stereocenters. The van der Waals surface area contributed by atoms with Crippen LogP contribution in [0, 0.1) is 0 Å². The van der Waals surface area contributed by atoms with Crippen LogP contribution in [0.5, 0.6) is 0 Å². The monoisotopic (exact) mass is 362 g/mol. The number of hydrogen-bond donors (Lipinski definition) is 0. The van der Waals surface area contributed by atoms with Crippen molar-refractivity contribution in [2.24, 2.45) is 0 Å². The molecule has 0 saturated carbocycles. The minimum atomic E-state index is -0.259. The Bertz CT molecular complexity index is 871. The molecule has 0 N–H and O–H groups in total. The zero-order valence-corrected chi connectivity index (χ0v) is 15.1. The molecule has 138 valence electrons. The van der Waals surface area contributed by atoms with Gasteiger partial charge in [0.2, 0.25) is 5.95 Å². The summed E-state index contributed by atoms with van der Waals surface area (Å²) in [4.78, 5) is 20.8. The van der Waals surface area contributed by atoms with Crippen LogP contribution in [0.4, 0.5) is 10.7 Å². The average Bonchev–Trinajstić information content (AvgIpc) is 3.23. The summed E-state index contributed by atoms with van der Waals surface area (Å²) in [7, 11) is 0. The topological polar surface area (TPSA) is 50.6 Å². The third-order valence-corrected chi connectivity index (χ3v) is 4.68. The van der Waals surface area contributed by atoms with Gasteiger partial charge < -0.3 is 14.5 Å². The van der Waals surface area contributed by atoms with Gasteiger partial charge in [0.25, 0.3) is 0 Å². The molecule has 2 heterocycles. The SMILES string of the molecule is O=C(OCc1ccccc1)N1CCN(c2nccn2-c2ccccc2)CC1.